The lowest BCUT2D eigenvalue weighted by atomic mass is 10.1. The zero-order chi connectivity index (χ0) is 11.4. The van der Waals surface area contributed by atoms with Crippen molar-refractivity contribution in [2.24, 2.45) is 0 Å². The fourth-order valence-electron chi connectivity index (χ4n) is 1.65. The molecule has 0 fully saturated rings. The molecule has 0 bridgehead atoms. The van der Waals surface area contributed by atoms with E-state index in [0.717, 1.165) is 34.6 Å². The van der Waals surface area contributed by atoms with Crippen molar-refractivity contribution in [3.05, 3.63) is 53.7 Å². The summed E-state index contributed by atoms with van der Waals surface area (Å²) >= 11 is 6.11. The van der Waals surface area contributed by atoms with Gasteiger partial charge in [0.15, 0.2) is 0 Å². The zero-order valence-corrected chi connectivity index (χ0v) is 9.67. The molecule has 1 aromatic carbocycles. The van der Waals surface area contributed by atoms with Crippen LogP contribution >= 0.6 is 11.6 Å². The van der Waals surface area contributed by atoms with E-state index in [2.05, 4.69) is 16.9 Å². The molecule has 2 aromatic rings. The summed E-state index contributed by atoms with van der Waals surface area (Å²) in [6.07, 6.45) is 3.63. The lowest BCUT2D eigenvalue weighted by Crippen LogP contribution is -2.13. The molecule has 0 saturated carbocycles. The molecule has 2 rings (SSSR count). The molecular formula is C13H13ClN2. The molecule has 82 valence electrons. The van der Waals surface area contributed by atoms with Gasteiger partial charge in [0.25, 0.3) is 0 Å². The van der Waals surface area contributed by atoms with E-state index in [-0.39, 0.29) is 0 Å². The van der Waals surface area contributed by atoms with Crippen LogP contribution in [-0.4, -0.2) is 11.5 Å². The highest BCUT2D eigenvalue weighted by Gasteiger charge is 2.04. The van der Waals surface area contributed by atoms with Gasteiger partial charge in [-0.25, -0.2) is 0 Å². The van der Waals surface area contributed by atoms with Gasteiger partial charge in [0.2, 0.25) is 0 Å². The summed E-state index contributed by atoms with van der Waals surface area (Å²) in [6.45, 7) is 5.23. The summed E-state index contributed by atoms with van der Waals surface area (Å²) in [5.41, 5.74) is 2.12. The number of hydrogen-bond donors (Lipinski definition) is 1. The molecule has 1 aromatic heterocycles. The molecule has 0 aliphatic heterocycles. The number of benzene rings is 1. The maximum Gasteiger partial charge on any atom is 0.0761 e. The van der Waals surface area contributed by atoms with Crippen LogP contribution in [0.2, 0.25) is 5.02 Å². The van der Waals surface area contributed by atoms with E-state index in [1.54, 1.807) is 6.20 Å². The van der Waals surface area contributed by atoms with Gasteiger partial charge in [-0.05, 0) is 23.8 Å². The Bertz CT molecular complexity index is 508. The minimum Gasteiger partial charge on any atom is -0.309 e. The molecule has 0 aliphatic rings. The predicted octanol–water partition coefficient (Wildman–Crippen LogP) is 3.16. The highest BCUT2D eigenvalue weighted by atomic mass is 35.5. The summed E-state index contributed by atoms with van der Waals surface area (Å²) in [7, 11) is 0. The van der Waals surface area contributed by atoms with Crippen molar-refractivity contribution in [3.8, 4) is 0 Å². The summed E-state index contributed by atoms with van der Waals surface area (Å²) in [4.78, 5) is 4.37. The van der Waals surface area contributed by atoms with E-state index in [1.807, 2.05) is 30.3 Å². The molecule has 16 heavy (non-hydrogen) atoms. The summed E-state index contributed by atoms with van der Waals surface area (Å²) in [5, 5.41) is 5.01. The molecule has 0 unspecified atom stereocenters. The normalized spacial score (nSPS) is 10.6. The lowest BCUT2D eigenvalue weighted by molar-refractivity contribution is 0.763. The second-order valence-corrected chi connectivity index (χ2v) is 3.93. The molecule has 0 atom stereocenters. The van der Waals surface area contributed by atoms with Crippen molar-refractivity contribution in [3.63, 3.8) is 0 Å². The largest absolute Gasteiger partial charge is 0.309 e. The van der Waals surface area contributed by atoms with Crippen molar-refractivity contribution in [1.29, 1.82) is 0 Å². The highest BCUT2D eigenvalue weighted by Crippen LogP contribution is 2.24. The number of pyridine rings is 1. The Morgan fingerprint density at radius 2 is 2.25 bits per heavy atom. The van der Waals surface area contributed by atoms with Gasteiger partial charge in [-0.15, -0.1) is 6.58 Å². The van der Waals surface area contributed by atoms with E-state index >= 15 is 0 Å². The first kappa shape index (κ1) is 11.1. The summed E-state index contributed by atoms with van der Waals surface area (Å²) < 4.78 is 0. The van der Waals surface area contributed by atoms with Gasteiger partial charge in [-0.3, -0.25) is 4.98 Å². The Morgan fingerprint density at radius 1 is 1.38 bits per heavy atom. The number of aromatic nitrogens is 1. The fraction of sp³-hybridized carbons (Fsp3) is 0.154. The average molecular weight is 233 g/mol. The van der Waals surface area contributed by atoms with Crippen LogP contribution in [0.3, 0.4) is 0 Å². The number of fused-ring (bicyclic) bond motifs is 1. The number of rotatable bonds is 4. The van der Waals surface area contributed by atoms with Gasteiger partial charge in [0.05, 0.1) is 5.52 Å². The average Bonchev–Trinajstić information content (AvgIpc) is 2.33. The van der Waals surface area contributed by atoms with Gasteiger partial charge in [0.1, 0.15) is 0 Å². The van der Waals surface area contributed by atoms with E-state index in [0.29, 0.717) is 0 Å². The van der Waals surface area contributed by atoms with Crippen LogP contribution in [0.15, 0.2) is 43.1 Å². The molecule has 2 nitrogen and oxygen atoms in total. The van der Waals surface area contributed by atoms with Crippen LogP contribution in [0, 0.1) is 0 Å². The predicted molar refractivity (Wildman–Crippen MR) is 68.7 cm³/mol. The number of hydrogen-bond acceptors (Lipinski definition) is 2. The Labute approximate surface area is 100.0 Å². The highest BCUT2D eigenvalue weighted by molar-refractivity contribution is 6.35. The minimum atomic E-state index is 0.746. The Kier molecular flexibility index (Phi) is 3.54. The third kappa shape index (κ3) is 2.23. The number of nitrogens with zero attached hydrogens (tertiary/aromatic N) is 1. The first-order valence-corrected chi connectivity index (χ1v) is 5.54. The smallest absolute Gasteiger partial charge is 0.0761 e. The van der Waals surface area contributed by atoms with Crippen LogP contribution in [0.5, 0.6) is 0 Å². The standard InChI is InChI=1S/C13H13ClN2/c1-2-7-15-9-10-5-6-12(14)11-4-3-8-16-13(10)11/h2-6,8,15H,1,7,9H2. The van der Waals surface area contributed by atoms with E-state index < -0.39 is 0 Å². The quantitative estimate of drug-likeness (QED) is 0.647. The maximum atomic E-state index is 6.11. The summed E-state index contributed by atoms with van der Waals surface area (Å²) in [6, 6.07) is 7.81. The van der Waals surface area contributed by atoms with Crippen molar-refractivity contribution in [2.45, 2.75) is 6.54 Å². The zero-order valence-electron chi connectivity index (χ0n) is 8.91. The molecule has 0 aliphatic carbocycles. The van der Waals surface area contributed by atoms with Crippen LogP contribution < -0.4 is 5.32 Å². The van der Waals surface area contributed by atoms with E-state index in [4.69, 9.17) is 11.6 Å². The van der Waals surface area contributed by atoms with Crippen molar-refractivity contribution in [1.82, 2.24) is 10.3 Å². The Hall–Kier alpha value is -1.38. The number of nitrogens with one attached hydrogen (secondary N) is 1. The SMILES string of the molecule is C=CCNCc1ccc(Cl)c2cccnc12. The van der Waals surface area contributed by atoms with Crippen LogP contribution in [0.25, 0.3) is 10.9 Å². The molecule has 0 amide bonds. The van der Waals surface area contributed by atoms with Crippen LogP contribution in [-0.2, 0) is 6.54 Å². The second kappa shape index (κ2) is 5.10. The van der Waals surface area contributed by atoms with Gasteiger partial charge in [-0.2, -0.15) is 0 Å². The molecule has 0 saturated heterocycles. The topological polar surface area (TPSA) is 24.9 Å². The van der Waals surface area contributed by atoms with Gasteiger partial charge in [0, 0.05) is 29.7 Å². The van der Waals surface area contributed by atoms with Crippen molar-refractivity contribution in [2.75, 3.05) is 6.54 Å². The van der Waals surface area contributed by atoms with Crippen LogP contribution in [0.1, 0.15) is 5.56 Å². The van der Waals surface area contributed by atoms with Gasteiger partial charge in [-0.1, -0.05) is 23.7 Å². The van der Waals surface area contributed by atoms with E-state index in [1.165, 1.54) is 0 Å². The van der Waals surface area contributed by atoms with Crippen molar-refractivity contribution >= 4 is 22.5 Å². The number of halogens is 1. The monoisotopic (exact) mass is 232 g/mol. The lowest BCUT2D eigenvalue weighted by Gasteiger charge is -2.07. The van der Waals surface area contributed by atoms with Crippen molar-refractivity contribution < 1.29 is 0 Å². The van der Waals surface area contributed by atoms with Gasteiger partial charge >= 0.3 is 0 Å². The van der Waals surface area contributed by atoms with Crippen LogP contribution in [0.4, 0.5) is 0 Å². The molecule has 0 spiro atoms. The Morgan fingerprint density at radius 3 is 3.06 bits per heavy atom. The Balaban J connectivity index is 2.38. The maximum absolute atomic E-state index is 6.11. The van der Waals surface area contributed by atoms with Gasteiger partial charge < -0.3 is 5.32 Å². The summed E-state index contributed by atoms with van der Waals surface area (Å²) in [5.74, 6) is 0. The second-order valence-electron chi connectivity index (χ2n) is 3.53. The molecule has 1 N–H and O–H groups in total. The molecule has 3 heteroatoms. The third-order valence-electron chi connectivity index (χ3n) is 2.40. The first-order valence-electron chi connectivity index (χ1n) is 5.16. The third-order valence-corrected chi connectivity index (χ3v) is 2.73. The fourth-order valence-corrected chi connectivity index (χ4v) is 1.86. The first-order chi connectivity index (χ1) is 7.83. The van der Waals surface area contributed by atoms with E-state index in [9.17, 15) is 0 Å². The minimum absolute atomic E-state index is 0.746. The molecular weight excluding hydrogens is 220 g/mol. The molecule has 1 heterocycles. The molecule has 0 radical (unpaired) electrons.